The monoisotopic (exact) mass is 157 g/mol. The van der Waals surface area contributed by atoms with E-state index in [1.165, 1.54) is 0 Å². The van der Waals surface area contributed by atoms with E-state index in [0.717, 1.165) is 12.2 Å². The van der Waals surface area contributed by atoms with E-state index >= 15 is 0 Å². The molecule has 0 saturated heterocycles. The minimum atomic E-state index is 0.211. The lowest BCUT2D eigenvalue weighted by Crippen LogP contribution is -2.38. The molecule has 2 heteroatoms. The van der Waals surface area contributed by atoms with Crippen LogP contribution < -0.4 is 5.32 Å². The van der Waals surface area contributed by atoms with Gasteiger partial charge in [-0.15, -0.1) is 0 Å². The topological polar surface area (TPSA) is 21.3 Å². The van der Waals surface area contributed by atoms with Gasteiger partial charge in [-0.25, -0.2) is 0 Å². The lowest BCUT2D eigenvalue weighted by atomic mass is 10.1. The average molecular weight is 157 g/mol. The zero-order valence-corrected chi connectivity index (χ0v) is 7.98. The molecule has 0 amide bonds. The predicted octanol–water partition coefficient (Wildman–Crippen LogP) is 1.58. The van der Waals surface area contributed by atoms with Gasteiger partial charge in [0.2, 0.25) is 0 Å². The van der Waals surface area contributed by atoms with Crippen LogP contribution in [-0.4, -0.2) is 25.8 Å². The molecule has 0 aromatic rings. The lowest BCUT2D eigenvalue weighted by Gasteiger charge is -2.23. The molecule has 2 nitrogen and oxygen atoms in total. The van der Waals surface area contributed by atoms with Crippen LogP contribution in [0.1, 0.15) is 20.8 Å². The van der Waals surface area contributed by atoms with E-state index in [4.69, 9.17) is 4.74 Å². The molecule has 0 aromatic carbocycles. The summed E-state index contributed by atoms with van der Waals surface area (Å²) in [6, 6.07) is 0.273. The second-order valence-electron chi connectivity index (χ2n) is 2.77. The number of ether oxygens (including phenoxy) is 1. The van der Waals surface area contributed by atoms with Crippen LogP contribution in [-0.2, 0) is 4.74 Å². The lowest BCUT2D eigenvalue weighted by molar-refractivity contribution is 0.0585. The minimum Gasteiger partial charge on any atom is -0.377 e. The Kier molecular flexibility index (Phi) is 5.16. The van der Waals surface area contributed by atoms with Crippen molar-refractivity contribution in [1.29, 1.82) is 0 Å². The summed E-state index contributed by atoms with van der Waals surface area (Å²) in [5.41, 5.74) is 1.12. The number of likely N-dealkylation sites (N-methyl/N-ethyl adjacent to an activating group) is 1. The Morgan fingerprint density at radius 2 is 2.18 bits per heavy atom. The molecule has 0 aliphatic heterocycles. The SMILES string of the molecule is C=C(C)C(NC)C(C)OCC. The van der Waals surface area contributed by atoms with Gasteiger partial charge >= 0.3 is 0 Å². The number of hydrogen-bond acceptors (Lipinski definition) is 2. The first-order valence-corrected chi connectivity index (χ1v) is 4.07. The Morgan fingerprint density at radius 1 is 1.64 bits per heavy atom. The first kappa shape index (κ1) is 10.7. The van der Waals surface area contributed by atoms with Gasteiger partial charge in [0.05, 0.1) is 12.1 Å². The van der Waals surface area contributed by atoms with Crippen molar-refractivity contribution in [2.45, 2.75) is 32.9 Å². The van der Waals surface area contributed by atoms with Crippen molar-refractivity contribution in [3.8, 4) is 0 Å². The maximum absolute atomic E-state index is 5.43. The van der Waals surface area contributed by atoms with E-state index in [2.05, 4.69) is 18.8 Å². The van der Waals surface area contributed by atoms with E-state index < -0.39 is 0 Å². The van der Waals surface area contributed by atoms with Crippen LogP contribution in [0, 0.1) is 0 Å². The molecule has 11 heavy (non-hydrogen) atoms. The van der Waals surface area contributed by atoms with Gasteiger partial charge in [0.1, 0.15) is 0 Å². The molecule has 0 bridgehead atoms. The molecule has 1 N–H and O–H groups in total. The molecule has 0 aliphatic rings. The van der Waals surface area contributed by atoms with Crippen molar-refractivity contribution in [2.24, 2.45) is 0 Å². The highest BCUT2D eigenvalue weighted by Gasteiger charge is 2.14. The molecule has 0 spiro atoms. The second kappa shape index (κ2) is 5.33. The third-order valence-corrected chi connectivity index (χ3v) is 1.74. The van der Waals surface area contributed by atoms with E-state index in [0.29, 0.717) is 0 Å². The van der Waals surface area contributed by atoms with Gasteiger partial charge in [0, 0.05) is 6.61 Å². The number of rotatable bonds is 5. The summed E-state index contributed by atoms with van der Waals surface area (Å²) in [4.78, 5) is 0. The zero-order valence-electron chi connectivity index (χ0n) is 7.98. The van der Waals surface area contributed by atoms with Crippen molar-refractivity contribution >= 4 is 0 Å². The fourth-order valence-electron chi connectivity index (χ4n) is 1.24. The van der Waals surface area contributed by atoms with Crippen LogP contribution in [0.15, 0.2) is 12.2 Å². The van der Waals surface area contributed by atoms with Crippen molar-refractivity contribution in [3.05, 3.63) is 12.2 Å². The molecule has 2 unspecified atom stereocenters. The molecular weight excluding hydrogens is 138 g/mol. The van der Waals surface area contributed by atoms with Gasteiger partial charge < -0.3 is 10.1 Å². The molecule has 0 saturated carbocycles. The van der Waals surface area contributed by atoms with E-state index in [1.54, 1.807) is 0 Å². The molecule has 0 aliphatic carbocycles. The minimum absolute atomic E-state index is 0.211. The summed E-state index contributed by atoms with van der Waals surface area (Å²) >= 11 is 0. The van der Waals surface area contributed by atoms with E-state index in [1.807, 2.05) is 20.9 Å². The standard InChI is InChI=1S/C9H19NO/c1-6-11-8(4)9(10-5)7(2)3/h8-10H,2,6H2,1,3-5H3. The quantitative estimate of drug-likeness (QED) is 0.612. The van der Waals surface area contributed by atoms with Crippen molar-refractivity contribution < 1.29 is 4.74 Å². The van der Waals surface area contributed by atoms with Gasteiger partial charge in [-0.2, -0.15) is 0 Å². The smallest absolute Gasteiger partial charge is 0.0737 e. The van der Waals surface area contributed by atoms with Crippen LogP contribution >= 0.6 is 0 Å². The third-order valence-electron chi connectivity index (χ3n) is 1.74. The average Bonchev–Trinajstić information content (AvgIpc) is 1.88. The Morgan fingerprint density at radius 3 is 2.45 bits per heavy atom. The van der Waals surface area contributed by atoms with Crippen LogP contribution in [0.25, 0.3) is 0 Å². The molecule has 0 fully saturated rings. The van der Waals surface area contributed by atoms with Gasteiger partial charge in [-0.05, 0) is 27.8 Å². The number of nitrogens with one attached hydrogen (secondary N) is 1. The summed E-state index contributed by atoms with van der Waals surface area (Å²) < 4.78 is 5.43. The maximum Gasteiger partial charge on any atom is 0.0737 e. The summed E-state index contributed by atoms with van der Waals surface area (Å²) in [6.45, 7) is 10.7. The van der Waals surface area contributed by atoms with E-state index in [9.17, 15) is 0 Å². The Hall–Kier alpha value is -0.340. The van der Waals surface area contributed by atoms with Gasteiger partial charge in [-0.1, -0.05) is 12.2 Å². The maximum atomic E-state index is 5.43. The van der Waals surface area contributed by atoms with Crippen molar-refractivity contribution in [3.63, 3.8) is 0 Å². The zero-order chi connectivity index (χ0) is 8.85. The molecule has 0 rings (SSSR count). The Labute approximate surface area is 69.6 Å². The van der Waals surface area contributed by atoms with Crippen LogP contribution in [0.4, 0.5) is 0 Å². The van der Waals surface area contributed by atoms with Crippen molar-refractivity contribution in [2.75, 3.05) is 13.7 Å². The molecule has 2 atom stereocenters. The van der Waals surface area contributed by atoms with Gasteiger partial charge in [0.15, 0.2) is 0 Å². The normalized spacial score (nSPS) is 16.0. The highest BCUT2D eigenvalue weighted by atomic mass is 16.5. The second-order valence-corrected chi connectivity index (χ2v) is 2.77. The number of hydrogen-bond donors (Lipinski definition) is 1. The van der Waals surface area contributed by atoms with Gasteiger partial charge in [0.25, 0.3) is 0 Å². The molecule has 0 heterocycles. The van der Waals surface area contributed by atoms with Crippen LogP contribution in [0.2, 0.25) is 0 Å². The largest absolute Gasteiger partial charge is 0.377 e. The summed E-state index contributed by atoms with van der Waals surface area (Å²) in [5.74, 6) is 0. The Balaban J connectivity index is 3.91. The fourth-order valence-corrected chi connectivity index (χ4v) is 1.24. The summed E-state index contributed by atoms with van der Waals surface area (Å²) in [7, 11) is 1.93. The van der Waals surface area contributed by atoms with Crippen molar-refractivity contribution in [1.82, 2.24) is 5.32 Å². The summed E-state index contributed by atoms with van der Waals surface area (Å²) in [5, 5.41) is 3.16. The van der Waals surface area contributed by atoms with Gasteiger partial charge in [-0.3, -0.25) is 0 Å². The molecule has 0 aromatic heterocycles. The fraction of sp³-hybridized carbons (Fsp3) is 0.778. The predicted molar refractivity (Wildman–Crippen MR) is 48.7 cm³/mol. The first-order valence-electron chi connectivity index (χ1n) is 4.07. The third kappa shape index (κ3) is 3.54. The Bertz CT molecular complexity index is 123. The highest BCUT2D eigenvalue weighted by molar-refractivity contribution is 5.03. The van der Waals surface area contributed by atoms with Crippen LogP contribution in [0.5, 0.6) is 0 Å². The first-order chi connectivity index (χ1) is 5.13. The summed E-state index contributed by atoms with van der Waals surface area (Å²) in [6.07, 6.45) is 0.211. The van der Waals surface area contributed by atoms with Crippen LogP contribution in [0.3, 0.4) is 0 Å². The molecule has 66 valence electrons. The molecule has 0 radical (unpaired) electrons. The van der Waals surface area contributed by atoms with E-state index in [-0.39, 0.29) is 12.1 Å². The highest BCUT2D eigenvalue weighted by Crippen LogP contribution is 2.06. The molecular formula is C9H19NO.